The minimum atomic E-state index is -0.928. The van der Waals surface area contributed by atoms with Gasteiger partial charge in [-0.15, -0.1) is 23.1 Å². The van der Waals surface area contributed by atoms with E-state index in [1.807, 2.05) is 12.1 Å². The molecule has 1 aromatic heterocycles. The first-order valence-corrected chi connectivity index (χ1v) is 13.2. The molecular formula is C23H21FN2O4S3. The number of imide groups is 1. The lowest BCUT2D eigenvalue weighted by Gasteiger charge is -2.43. The van der Waals surface area contributed by atoms with Crippen LogP contribution in [0.1, 0.15) is 35.6 Å². The maximum atomic E-state index is 13.7. The van der Waals surface area contributed by atoms with Crippen LogP contribution in [0.15, 0.2) is 29.3 Å². The smallest absolute Gasteiger partial charge is 0.303 e. The highest BCUT2D eigenvalue weighted by molar-refractivity contribution is 8.00. The number of hydrogen-bond donors (Lipinski definition) is 2. The van der Waals surface area contributed by atoms with Gasteiger partial charge < -0.3 is 10.1 Å². The fourth-order valence-corrected chi connectivity index (χ4v) is 10.1. The summed E-state index contributed by atoms with van der Waals surface area (Å²) in [5.41, 5.74) is 1.01. The van der Waals surface area contributed by atoms with Gasteiger partial charge in [-0.3, -0.25) is 19.3 Å². The first-order valence-electron chi connectivity index (χ1n) is 11.1. The number of aromatic amines is 1. The summed E-state index contributed by atoms with van der Waals surface area (Å²) in [6.07, 6.45) is 1.05. The van der Waals surface area contributed by atoms with Crippen LogP contribution in [0.2, 0.25) is 0 Å². The van der Waals surface area contributed by atoms with Crippen LogP contribution in [0.3, 0.4) is 0 Å². The fraction of sp³-hybridized carbons (Fsp3) is 0.478. The van der Waals surface area contributed by atoms with Crippen molar-refractivity contribution in [3.63, 3.8) is 0 Å². The molecule has 2 aliphatic heterocycles. The Morgan fingerprint density at radius 1 is 1.18 bits per heavy atom. The molecule has 1 saturated heterocycles. The molecule has 2 saturated carbocycles. The molecule has 2 bridgehead atoms. The highest BCUT2D eigenvalue weighted by Gasteiger charge is 2.69. The maximum Gasteiger partial charge on any atom is 0.303 e. The highest BCUT2D eigenvalue weighted by atomic mass is 32.2. The molecule has 3 fully saturated rings. The Labute approximate surface area is 202 Å². The van der Waals surface area contributed by atoms with Crippen molar-refractivity contribution in [3.8, 4) is 0 Å². The van der Waals surface area contributed by atoms with Gasteiger partial charge in [-0.1, -0.05) is 12.1 Å². The van der Waals surface area contributed by atoms with Gasteiger partial charge in [0.2, 0.25) is 11.8 Å². The molecule has 3 heterocycles. The molecule has 1 aromatic carbocycles. The lowest BCUT2D eigenvalue weighted by atomic mass is 9.68. The predicted octanol–water partition coefficient (Wildman–Crippen LogP) is 4.28. The van der Waals surface area contributed by atoms with E-state index in [0.717, 1.165) is 21.9 Å². The predicted molar refractivity (Wildman–Crippen MR) is 123 cm³/mol. The number of fused-ring (bicyclic) bond motifs is 9. The van der Waals surface area contributed by atoms with E-state index in [-0.39, 0.29) is 77.8 Å². The molecule has 2 N–H and O–H groups in total. The van der Waals surface area contributed by atoms with Crippen molar-refractivity contribution in [2.24, 2.45) is 29.6 Å². The van der Waals surface area contributed by atoms with E-state index in [4.69, 9.17) is 17.3 Å². The summed E-state index contributed by atoms with van der Waals surface area (Å²) in [5.74, 6) is -1.83. The Morgan fingerprint density at radius 2 is 1.88 bits per heavy atom. The number of thioether (sulfide) groups is 1. The Kier molecular flexibility index (Phi) is 5.04. The number of carbonyl (C=O) groups is 3. The summed E-state index contributed by atoms with van der Waals surface area (Å²) in [6.45, 7) is 0.167. The molecule has 0 spiro atoms. The zero-order chi connectivity index (χ0) is 23.0. The number of carboxylic acids is 1. The lowest BCUT2D eigenvalue weighted by molar-refractivity contribution is -0.142. The summed E-state index contributed by atoms with van der Waals surface area (Å²) < 4.78 is 14.4. The van der Waals surface area contributed by atoms with Gasteiger partial charge in [0, 0.05) is 29.0 Å². The van der Waals surface area contributed by atoms with Gasteiger partial charge in [-0.25, -0.2) is 4.39 Å². The highest BCUT2D eigenvalue weighted by Crippen LogP contribution is 2.68. The summed E-state index contributed by atoms with van der Waals surface area (Å²) in [6, 6.07) is 6.59. The average Bonchev–Trinajstić information content (AvgIpc) is 3.49. The third kappa shape index (κ3) is 3.17. The Bertz CT molecular complexity index is 1230. The van der Waals surface area contributed by atoms with E-state index in [1.165, 1.54) is 17.0 Å². The van der Waals surface area contributed by atoms with Gasteiger partial charge in [0.15, 0.2) is 3.95 Å². The second kappa shape index (κ2) is 7.74. The molecule has 6 rings (SSSR count). The van der Waals surface area contributed by atoms with E-state index < -0.39 is 5.97 Å². The topological polar surface area (TPSA) is 90.5 Å². The largest absolute Gasteiger partial charge is 0.481 e. The number of aliphatic carboxylic acids is 1. The van der Waals surface area contributed by atoms with Gasteiger partial charge in [-0.05, 0) is 60.5 Å². The number of nitrogens with zero attached hydrogens (tertiary/aromatic N) is 1. The zero-order valence-corrected chi connectivity index (χ0v) is 19.9. The number of aromatic nitrogens is 1. The van der Waals surface area contributed by atoms with Gasteiger partial charge in [0.1, 0.15) is 5.82 Å². The molecular weight excluding hydrogens is 483 g/mol. The first kappa shape index (κ1) is 21.5. The molecule has 33 heavy (non-hydrogen) atoms. The summed E-state index contributed by atoms with van der Waals surface area (Å²) >= 11 is 8.72. The van der Waals surface area contributed by atoms with Gasteiger partial charge in [-0.2, -0.15) is 0 Å². The fourth-order valence-electron chi connectivity index (χ4n) is 6.73. The number of amides is 2. The van der Waals surface area contributed by atoms with Crippen molar-refractivity contribution in [2.75, 3.05) is 6.54 Å². The average molecular weight is 505 g/mol. The molecule has 0 radical (unpaired) electrons. The minimum Gasteiger partial charge on any atom is -0.481 e. The SMILES string of the molecule is O=C(O)CCCN1C(=O)C2C3CC(C2C1=O)C1C(c2ccc(F)cc2)c2sc(=S)[nH]c2SC31. The second-order valence-electron chi connectivity index (χ2n) is 9.34. The molecule has 2 aliphatic carbocycles. The van der Waals surface area contributed by atoms with Gasteiger partial charge >= 0.3 is 5.97 Å². The number of H-pyrrole nitrogens is 1. The van der Waals surface area contributed by atoms with E-state index in [1.54, 1.807) is 23.1 Å². The van der Waals surface area contributed by atoms with Crippen molar-refractivity contribution in [3.05, 3.63) is 44.5 Å². The summed E-state index contributed by atoms with van der Waals surface area (Å²) in [4.78, 5) is 43.3. The molecule has 7 atom stereocenters. The summed E-state index contributed by atoms with van der Waals surface area (Å²) in [5, 5.41) is 10.1. The Morgan fingerprint density at radius 3 is 2.58 bits per heavy atom. The van der Waals surface area contributed by atoms with Crippen LogP contribution < -0.4 is 0 Å². The summed E-state index contributed by atoms with van der Waals surface area (Å²) in [7, 11) is 0. The van der Waals surface area contributed by atoms with Gasteiger partial charge in [0.25, 0.3) is 0 Å². The van der Waals surface area contributed by atoms with Crippen molar-refractivity contribution < 1.29 is 23.9 Å². The Hall–Kier alpha value is -2.04. The van der Waals surface area contributed by atoms with Crippen LogP contribution in [0.25, 0.3) is 0 Å². The van der Waals surface area contributed by atoms with Crippen LogP contribution in [0.5, 0.6) is 0 Å². The van der Waals surface area contributed by atoms with Crippen LogP contribution >= 0.6 is 35.3 Å². The van der Waals surface area contributed by atoms with E-state index in [9.17, 15) is 18.8 Å². The molecule has 2 amide bonds. The number of likely N-dealkylation sites (tertiary alicyclic amines) is 1. The number of thiazole rings is 1. The third-order valence-corrected chi connectivity index (χ3v) is 10.8. The van der Waals surface area contributed by atoms with Crippen molar-refractivity contribution in [1.82, 2.24) is 9.88 Å². The maximum absolute atomic E-state index is 13.7. The number of nitrogens with one attached hydrogen (secondary N) is 1. The number of carboxylic acid groups (broad SMARTS) is 1. The molecule has 10 heteroatoms. The van der Waals surface area contributed by atoms with Crippen molar-refractivity contribution in [1.29, 1.82) is 0 Å². The minimum absolute atomic E-state index is 0.00436. The Balaban J connectivity index is 1.37. The molecule has 2 aromatic rings. The number of carbonyl (C=O) groups excluding carboxylic acids is 2. The zero-order valence-electron chi connectivity index (χ0n) is 17.4. The van der Waals surface area contributed by atoms with E-state index in [0.29, 0.717) is 3.95 Å². The monoisotopic (exact) mass is 504 g/mol. The normalized spacial score (nSPS) is 33.8. The van der Waals surface area contributed by atoms with E-state index in [2.05, 4.69) is 4.98 Å². The third-order valence-electron chi connectivity index (χ3n) is 7.82. The quantitative estimate of drug-likeness (QED) is 0.467. The lowest BCUT2D eigenvalue weighted by Crippen LogP contribution is -2.42. The number of benzene rings is 1. The molecule has 7 unspecified atom stereocenters. The standard InChI is InChI=1S/C23H21FN2O4S3/c24-10-5-3-9(4-6-10)14-15-11-8-12(18(15)32-20-19(14)33-23(31)25-20)17-16(11)21(29)26(22(17)30)7-1-2-13(27)28/h3-6,11-12,14-18H,1-2,7-8H2,(H,25,31)(H,27,28). The number of rotatable bonds is 5. The number of hydrogen-bond acceptors (Lipinski definition) is 6. The molecule has 172 valence electrons. The van der Waals surface area contributed by atoms with Crippen LogP contribution in [-0.4, -0.2) is 44.6 Å². The van der Waals surface area contributed by atoms with Gasteiger partial charge in [0.05, 0.1) is 16.9 Å². The van der Waals surface area contributed by atoms with Crippen LogP contribution in [0, 0.1) is 39.4 Å². The first-order chi connectivity index (χ1) is 15.8. The molecule has 4 aliphatic rings. The van der Waals surface area contributed by atoms with Crippen LogP contribution in [0.4, 0.5) is 4.39 Å². The van der Waals surface area contributed by atoms with E-state index >= 15 is 0 Å². The second-order valence-corrected chi connectivity index (χ2v) is 12.2. The van der Waals surface area contributed by atoms with Crippen LogP contribution in [-0.2, 0) is 14.4 Å². The molecule has 6 nitrogen and oxygen atoms in total. The van der Waals surface area contributed by atoms with Crippen molar-refractivity contribution >= 4 is 53.1 Å². The number of halogens is 1. The van der Waals surface area contributed by atoms with Crippen molar-refractivity contribution in [2.45, 2.75) is 35.5 Å².